The maximum Gasteiger partial charge on any atom is 0.433 e. The molecule has 0 saturated carbocycles. The number of rotatable bonds is 2. The Morgan fingerprint density at radius 1 is 1.27 bits per heavy atom. The largest absolute Gasteiger partial charge is 0.433 e. The summed E-state index contributed by atoms with van der Waals surface area (Å²) in [5.41, 5.74) is -0.466. The molecule has 10 heteroatoms. The predicted octanol–water partition coefficient (Wildman–Crippen LogP) is 1.89. The minimum atomic E-state index is -4.52. The summed E-state index contributed by atoms with van der Waals surface area (Å²) in [5.74, 6) is 0.154. The van der Waals surface area contributed by atoms with E-state index in [1.165, 1.54) is 13.1 Å². The van der Waals surface area contributed by atoms with Gasteiger partial charge in [0.2, 0.25) is 0 Å². The lowest BCUT2D eigenvalue weighted by molar-refractivity contribution is -0.141. The molecular formula is C16H19F3N6O. The first-order chi connectivity index (χ1) is 12.1. The third kappa shape index (κ3) is 3.63. The van der Waals surface area contributed by atoms with Crippen LogP contribution in [-0.2, 0) is 13.2 Å². The standard InChI is InChI=1S/C16H19F3N6O/c1-10-8-24(14-6-13(16(17,18)19)21-11(2)22-14)4-5-25(10)15(26)12-7-20-23(3)9-12/h6-7,9-10H,4-5,8H2,1-3H3. The van der Waals surface area contributed by atoms with Crippen molar-refractivity contribution in [3.05, 3.63) is 35.5 Å². The second-order valence-corrected chi connectivity index (χ2v) is 6.35. The molecule has 1 fully saturated rings. The molecule has 0 spiro atoms. The summed E-state index contributed by atoms with van der Waals surface area (Å²) < 4.78 is 40.5. The van der Waals surface area contributed by atoms with Gasteiger partial charge in [0, 0.05) is 45.0 Å². The topological polar surface area (TPSA) is 67.2 Å². The van der Waals surface area contributed by atoms with E-state index in [1.807, 2.05) is 6.92 Å². The van der Waals surface area contributed by atoms with Crippen molar-refractivity contribution in [1.82, 2.24) is 24.6 Å². The van der Waals surface area contributed by atoms with Crippen molar-refractivity contribution in [2.24, 2.45) is 7.05 Å². The smallest absolute Gasteiger partial charge is 0.353 e. The minimum absolute atomic E-state index is 0.0661. The average molecular weight is 368 g/mol. The van der Waals surface area contributed by atoms with Gasteiger partial charge in [0.25, 0.3) is 5.91 Å². The first-order valence-electron chi connectivity index (χ1n) is 8.12. The number of halogens is 3. The highest BCUT2D eigenvalue weighted by Crippen LogP contribution is 2.30. The van der Waals surface area contributed by atoms with E-state index in [-0.39, 0.29) is 23.6 Å². The monoisotopic (exact) mass is 368 g/mol. The Labute approximate surface area is 148 Å². The molecule has 1 amide bonds. The van der Waals surface area contributed by atoms with E-state index in [4.69, 9.17) is 0 Å². The maximum atomic E-state index is 13.0. The molecule has 0 aliphatic carbocycles. The van der Waals surface area contributed by atoms with Crippen LogP contribution in [-0.4, -0.2) is 56.2 Å². The number of aryl methyl sites for hydroxylation is 2. The third-order valence-corrected chi connectivity index (χ3v) is 4.28. The Balaban J connectivity index is 1.77. The van der Waals surface area contributed by atoms with Crippen LogP contribution in [0.25, 0.3) is 0 Å². The highest BCUT2D eigenvalue weighted by molar-refractivity contribution is 5.94. The van der Waals surface area contributed by atoms with Crippen LogP contribution in [0.2, 0.25) is 0 Å². The zero-order valence-corrected chi connectivity index (χ0v) is 14.7. The fourth-order valence-corrected chi connectivity index (χ4v) is 3.02. The molecule has 140 valence electrons. The first kappa shape index (κ1) is 18.2. The summed E-state index contributed by atoms with van der Waals surface area (Å²) in [7, 11) is 1.73. The fraction of sp³-hybridized carbons (Fsp3) is 0.500. The van der Waals surface area contributed by atoms with Crippen LogP contribution in [0.5, 0.6) is 0 Å². The van der Waals surface area contributed by atoms with Crippen molar-refractivity contribution in [3.8, 4) is 0 Å². The van der Waals surface area contributed by atoms with Gasteiger partial charge in [0.05, 0.1) is 11.8 Å². The normalized spacial score (nSPS) is 18.3. The van der Waals surface area contributed by atoms with E-state index in [0.29, 0.717) is 25.2 Å². The van der Waals surface area contributed by atoms with Crippen molar-refractivity contribution in [2.45, 2.75) is 26.1 Å². The van der Waals surface area contributed by atoms with E-state index in [1.54, 1.807) is 27.7 Å². The highest BCUT2D eigenvalue weighted by atomic mass is 19.4. The van der Waals surface area contributed by atoms with Crippen LogP contribution in [0.4, 0.5) is 19.0 Å². The molecule has 1 atom stereocenters. The summed E-state index contributed by atoms with van der Waals surface area (Å²) in [6.07, 6.45) is -1.37. The number of anilines is 1. The van der Waals surface area contributed by atoms with Crippen LogP contribution in [0.1, 0.15) is 28.8 Å². The van der Waals surface area contributed by atoms with Gasteiger partial charge in [-0.15, -0.1) is 0 Å². The molecule has 1 saturated heterocycles. The average Bonchev–Trinajstić information content (AvgIpc) is 2.99. The van der Waals surface area contributed by atoms with Gasteiger partial charge in [-0.25, -0.2) is 9.97 Å². The number of carbonyl (C=O) groups excluding carboxylic acids is 1. The van der Waals surface area contributed by atoms with Crippen molar-refractivity contribution >= 4 is 11.7 Å². The molecule has 26 heavy (non-hydrogen) atoms. The van der Waals surface area contributed by atoms with Crippen molar-refractivity contribution in [3.63, 3.8) is 0 Å². The molecule has 2 aromatic rings. The van der Waals surface area contributed by atoms with E-state index in [2.05, 4.69) is 15.1 Å². The second-order valence-electron chi connectivity index (χ2n) is 6.35. The second kappa shape index (κ2) is 6.58. The summed E-state index contributed by atoms with van der Waals surface area (Å²) in [4.78, 5) is 23.6. The quantitative estimate of drug-likeness (QED) is 0.810. The number of piperazine rings is 1. The Kier molecular flexibility index (Phi) is 4.59. The molecule has 0 aromatic carbocycles. The number of amides is 1. The van der Waals surface area contributed by atoms with Crippen molar-refractivity contribution < 1.29 is 18.0 Å². The highest BCUT2D eigenvalue weighted by Gasteiger charge is 2.35. The number of nitrogens with zero attached hydrogens (tertiary/aromatic N) is 6. The number of alkyl halides is 3. The van der Waals surface area contributed by atoms with E-state index in [0.717, 1.165) is 6.07 Å². The van der Waals surface area contributed by atoms with Gasteiger partial charge < -0.3 is 9.80 Å². The SMILES string of the molecule is Cc1nc(N2CCN(C(=O)c3cnn(C)c3)C(C)C2)cc(C(F)(F)F)n1. The number of hydrogen-bond acceptors (Lipinski definition) is 5. The molecule has 3 rings (SSSR count). The van der Waals surface area contributed by atoms with Crippen molar-refractivity contribution in [1.29, 1.82) is 0 Å². The van der Waals surface area contributed by atoms with Gasteiger partial charge in [-0.05, 0) is 13.8 Å². The summed E-state index contributed by atoms with van der Waals surface area (Å²) in [6.45, 7) is 4.46. The lowest BCUT2D eigenvalue weighted by Gasteiger charge is -2.40. The zero-order valence-electron chi connectivity index (χ0n) is 14.7. The molecule has 0 N–H and O–H groups in total. The molecular weight excluding hydrogens is 349 g/mol. The summed E-state index contributed by atoms with van der Waals surface area (Å²) in [5, 5.41) is 4.00. The van der Waals surface area contributed by atoms with E-state index < -0.39 is 11.9 Å². The van der Waals surface area contributed by atoms with Gasteiger partial charge in [-0.2, -0.15) is 18.3 Å². The van der Waals surface area contributed by atoms with Crippen LogP contribution in [0, 0.1) is 6.92 Å². The van der Waals surface area contributed by atoms with E-state index in [9.17, 15) is 18.0 Å². The molecule has 0 bridgehead atoms. The van der Waals surface area contributed by atoms with Gasteiger partial charge in [-0.1, -0.05) is 0 Å². The maximum absolute atomic E-state index is 13.0. The van der Waals surface area contributed by atoms with Crippen molar-refractivity contribution in [2.75, 3.05) is 24.5 Å². The lowest BCUT2D eigenvalue weighted by Crippen LogP contribution is -2.54. The van der Waals surface area contributed by atoms with E-state index >= 15 is 0 Å². The molecule has 1 aliphatic heterocycles. The Bertz CT molecular complexity index is 819. The van der Waals surface area contributed by atoms with Crippen LogP contribution in [0.15, 0.2) is 18.5 Å². The fourth-order valence-electron chi connectivity index (χ4n) is 3.02. The van der Waals surface area contributed by atoms with Gasteiger partial charge in [0.15, 0.2) is 0 Å². The van der Waals surface area contributed by atoms with Gasteiger partial charge in [-0.3, -0.25) is 9.48 Å². The van der Waals surface area contributed by atoms with Gasteiger partial charge in [0.1, 0.15) is 17.3 Å². The predicted molar refractivity (Wildman–Crippen MR) is 87.7 cm³/mol. The number of carbonyl (C=O) groups is 1. The lowest BCUT2D eigenvalue weighted by atomic mass is 10.1. The molecule has 7 nitrogen and oxygen atoms in total. The molecule has 0 radical (unpaired) electrons. The third-order valence-electron chi connectivity index (χ3n) is 4.28. The molecule has 1 unspecified atom stereocenters. The van der Waals surface area contributed by atoms with Crippen LogP contribution >= 0.6 is 0 Å². The first-order valence-corrected chi connectivity index (χ1v) is 8.12. The minimum Gasteiger partial charge on any atom is -0.353 e. The molecule has 2 aromatic heterocycles. The Hall–Kier alpha value is -2.65. The number of hydrogen-bond donors (Lipinski definition) is 0. The summed E-state index contributed by atoms with van der Waals surface area (Å²) >= 11 is 0. The van der Waals surface area contributed by atoms with Crippen LogP contribution < -0.4 is 4.90 Å². The zero-order chi connectivity index (χ0) is 19.1. The Morgan fingerprint density at radius 3 is 2.58 bits per heavy atom. The molecule has 1 aliphatic rings. The van der Waals surface area contributed by atoms with Crippen LogP contribution in [0.3, 0.4) is 0 Å². The summed E-state index contributed by atoms with van der Waals surface area (Å²) in [6, 6.07) is 0.777. The molecule has 3 heterocycles. The van der Waals surface area contributed by atoms with Gasteiger partial charge >= 0.3 is 6.18 Å². The Morgan fingerprint density at radius 2 is 2.00 bits per heavy atom. The number of aromatic nitrogens is 4.